The summed E-state index contributed by atoms with van der Waals surface area (Å²) < 4.78 is 0. The minimum Gasteiger partial charge on any atom is -0.289 e. The largest absolute Gasteiger partial charge is 0.289 e. The first-order valence-electron chi connectivity index (χ1n) is 7.78. The molecule has 0 bridgehead atoms. The van der Waals surface area contributed by atoms with Crippen LogP contribution >= 0.6 is 0 Å². The van der Waals surface area contributed by atoms with Gasteiger partial charge in [-0.05, 0) is 23.8 Å². The lowest BCUT2D eigenvalue weighted by atomic mass is 10.0. The third-order valence-electron chi connectivity index (χ3n) is 3.54. The van der Waals surface area contributed by atoms with Gasteiger partial charge < -0.3 is 0 Å². The predicted molar refractivity (Wildman–Crippen MR) is 98.5 cm³/mol. The zero-order valence-corrected chi connectivity index (χ0v) is 13.2. The monoisotopic (exact) mass is 311 g/mol. The van der Waals surface area contributed by atoms with E-state index in [9.17, 15) is 4.79 Å². The number of hydrogen-bond acceptors (Lipinski definition) is 2. The molecule has 0 aliphatic rings. The number of benzene rings is 2. The Morgan fingerprint density at radius 2 is 1.46 bits per heavy atom. The minimum absolute atomic E-state index is 0.0200. The van der Waals surface area contributed by atoms with E-state index in [1.54, 1.807) is 6.20 Å². The van der Waals surface area contributed by atoms with Crippen LogP contribution in [-0.4, -0.2) is 10.8 Å². The molecule has 0 aliphatic carbocycles. The number of carbonyl (C=O) groups excluding carboxylic acids is 1. The first-order chi connectivity index (χ1) is 11.8. The molecule has 0 aliphatic heterocycles. The Balaban J connectivity index is 1.96. The molecule has 0 saturated heterocycles. The van der Waals surface area contributed by atoms with Crippen molar-refractivity contribution in [2.75, 3.05) is 0 Å². The van der Waals surface area contributed by atoms with Crippen LogP contribution < -0.4 is 0 Å². The fourth-order valence-electron chi connectivity index (χ4n) is 2.32. The highest BCUT2D eigenvalue weighted by atomic mass is 16.1. The van der Waals surface area contributed by atoms with Crippen LogP contribution in [0.5, 0.6) is 0 Å². The van der Waals surface area contributed by atoms with Crippen molar-refractivity contribution in [3.63, 3.8) is 0 Å². The summed E-state index contributed by atoms with van der Waals surface area (Å²) in [5, 5.41) is 0. The summed E-state index contributed by atoms with van der Waals surface area (Å²) in [5.41, 5.74) is 3.07. The van der Waals surface area contributed by atoms with Crippen molar-refractivity contribution in [2.45, 2.75) is 0 Å². The van der Waals surface area contributed by atoms with Crippen LogP contribution in [0.2, 0.25) is 0 Å². The molecule has 0 fully saturated rings. The smallest absolute Gasteiger partial charge is 0.193 e. The summed E-state index contributed by atoms with van der Waals surface area (Å²) in [6.07, 6.45) is 7.32. The number of ketones is 1. The average molecular weight is 311 g/mol. The lowest BCUT2D eigenvalue weighted by Gasteiger charge is -2.03. The Morgan fingerprint density at radius 1 is 0.792 bits per heavy atom. The fraction of sp³-hybridized carbons (Fsp3) is 0. The van der Waals surface area contributed by atoms with Gasteiger partial charge in [0.15, 0.2) is 5.78 Å². The number of aromatic nitrogens is 1. The van der Waals surface area contributed by atoms with Crippen molar-refractivity contribution in [3.8, 4) is 0 Å². The van der Waals surface area contributed by atoms with Gasteiger partial charge in [-0.3, -0.25) is 9.78 Å². The SMILES string of the molecule is O=C(C(=Cc1ccccn1)/C=C/c1ccccc1)c1ccccc1. The van der Waals surface area contributed by atoms with Crippen LogP contribution in [-0.2, 0) is 0 Å². The van der Waals surface area contributed by atoms with E-state index in [4.69, 9.17) is 0 Å². The Hall–Kier alpha value is -3.26. The molecule has 1 heterocycles. The normalized spacial score (nSPS) is 11.6. The van der Waals surface area contributed by atoms with Crippen LogP contribution in [0.25, 0.3) is 12.2 Å². The highest BCUT2D eigenvalue weighted by Crippen LogP contribution is 2.15. The molecule has 0 saturated carbocycles. The quantitative estimate of drug-likeness (QED) is 0.374. The van der Waals surface area contributed by atoms with Crippen molar-refractivity contribution in [1.29, 1.82) is 0 Å². The second kappa shape index (κ2) is 7.84. The highest BCUT2D eigenvalue weighted by molar-refractivity contribution is 6.13. The number of hydrogen-bond donors (Lipinski definition) is 0. The van der Waals surface area contributed by atoms with Gasteiger partial charge in [0.1, 0.15) is 0 Å². The van der Waals surface area contributed by atoms with E-state index >= 15 is 0 Å². The lowest BCUT2D eigenvalue weighted by molar-refractivity contribution is 0.103. The van der Waals surface area contributed by atoms with Gasteiger partial charge in [-0.1, -0.05) is 78.9 Å². The second-order valence-corrected chi connectivity index (χ2v) is 5.29. The van der Waals surface area contributed by atoms with E-state index in [1.807, 2.05) is 97.1 Å². The number of allylic oxidation sites excluding steroid dienone is 2. The van der Waals surface area contributed by atoms with E-state index in [1.165, 1.54) is 0 Å². The molecule has 3 rings (SSSR count). The second-order valence-electron chi connectivity index (χ2n) is 5.29. The molecule has 3 aromatic rings. The molecule has 1 aromatic heterocycles. The Labute approximate surface area is 141 Å². The molecule has 0 spiro atoms. The molecule has 0 N–H and O–H groups in total. The number of rotatable bonds is 5. The number of Topliss-reactive ketones (excluding diaryl/α,β-unsaturated/α-hetero) is 1. The van der Waals surface area contributed by atoms with E-state index in [2.05, 4.69) is 4.98 Å². The Bertz CT molecular complexity index is 850. The van der Waals surface area contributed by atoms with Crippen molar-refractivity contribution in [1.82, 2.24) is 4.98 Å². The third-order valence-corrected chi connectivity index (χ3v) is 3.54. The maximum atomic E-state index is 12.8. The molecule has 0 unspecified atom stereocenters. The Morgan fingerprint density at radius 3 is 2.12 bits per heavy atom. The third kappa shape index (κ3) is 4.14. The van der Waals surface area contributed by atoms with Gasteiger partial charge in [0.2, 0.25) is 0 Å². The molecule has 2 heteroatoms. The van der Waals surface area contributed by atoms with Crippen molar-refractivity contribution >= 4 is 17.9 Å². The van der Waals surface area contributed by atoms with Crippen LogP contribution in [0.4, 0.5) is 0 Å². The summed E-state index contributed by atoms with van der Waals surface area (Å²) in [6, 6.07) is 24.9. The first-order valence-corrected chi connectivity index (χ1v) is 7.78. The van der Waals surface area contributed by atoms with Crippen molar-refractivity contribution in [2.24, 2.45) is 0 Å². The summed E-state index contributed by atoms with van der Waals surface area (Å²) in [5.74, 6) is -0.0200. The zero-order valence-electron chi connectivity index (χ0n) is 13.2. The predicted octanol–water partition coefficient (Wildman–Crippen LogP) is 5.06. The van der Waals surface area contributed by atoms with Crippen molar-refractivity contribution in [3.05, 3.63) is 114 Å². The Kier molecular flexibility index (Phi) is 5.10. The molecule has 0 atom stereocenters. The summed E-state index contributed by atoms with van der Waals surface area (Å²) in [6.45, 7) is 0. The van der Waals surface area contributed by atoms with Gasteiger partial charge in [-0.25, -0.2) is 0 Å². The molecule has 0 amide bonds. The van der Waals surface area contributed by atoms with Gasteiger partial charge in [0, 0.05) is 17.3 Å². The van der Waals surface area contributed by atoms with Crippen LogP contribution in [0.15, 0.2) is 96.7 Å². The molecule has 116 valence electrons. The molecule has 2 aromatic carbocycles. The highest BCUT2D eigenvalue weighted by Gasteiger charge is 2.09. The summed E-state index contributed by atoms with van der Waals surface area (Å²) in [7, 11) is 0. The van der Waals surface area contributed by atoms with E-state index in [0.29, 0.717) is 11.1 Å². The van der Waals surface area contributed by atoms with Gasteiger partial charge in [0.25, 0.3) is 0 Å². The average Bonchev–Trinajstić information content (AvgIpc) is 2.67. The molecular weight excluding hydrogens is 294 g/mol. The standard InChI is InChI=1S/C22H17NO/c24-22(19-11-5-2-6-12-19)20(17-21-13-7-8-16-23-21)15-14-18-9-3-1-4-10-18/h1-17H/b15-14+,20-17?. The summed E-state index contributed by atoms with van der Waals surface area (Å²) in [4.78, 5) is 17.1. The maximum absolute atomic E-state index is 12.8. The van der Waals surface area contributed by atoms with Gasteiger partial charge in [-0.2, -0.15) is 0 Å². The lowest BCUT2D eigenvalue weighted by Crippen LogP contribution is -2.01. The van der Waals surface area contributed by atoms with Crippen LogP contribution in [0.3, 0.4) is 0 Å². The topological polar surface area (TPSA) is 30.0 Å². The molecule has 24 heavy (non-hydrogen) atoms. The van der Waals surface area contributed by atoms with Crippen LogP contribution in [0.1, 0.15) is 21.6 Å². The van der Waals surface area contributed by atoms with Crippen molar-refractivity contribution < 1.29 is 4.79 Å². The first kappa shape index (κ1) is 15.6. The minimum atomic E-state index is -0.0200. The van der Waals surface area contributed by atoms with Gasteiger partial charge >= 0.3 is 0 Å². The number of pyridine rings is 1. The maximum Gasteiger partial charge on any atom is 0.193 e. The van der Waals surface area contributed by atoms with Crippen LogP contribution in [0, 0.1) is 0 Å². The summed E-state index contributed by atoms with van der Waals surface area (Å²) >= 11 is 0. The van der Waals surface area contributed by atoms with E-state index in [-0.39, 0.29) is 5.78 Å². The molecular formula is C22H17NO. The fourth-order valence-corrected chi connectivity index (χ4v) is 2.32. The number of carbonyl (C=O) groups is 1. The number of nitrogens with zero attached hydrogens (tertiary/aromatic N) is 1. The van der Waals surface area contributed by atoms with Gasteiger partial charge in [0.05, 0.1) is 5.69 Å². The molecule has 0 radical (unpaired) electrons. The zero-order chi connectivity index (χ0) is 16.6. The molecule has 2 nitrogen and oxygen atoms in total. The van der Waals surface area contributed by atoms with E-state index < -0.39 is 0 Å². The van der Waals surface area contributed by atoms with E-state index in [0.717, 1.165) is 11.3 Å². The van der Waals surface area contributed by atoms with Gasteiger partial charge in [-0.15, -0.1) is 0 Å².